The van der Waals surface area contributed by atoms with Crippen LogP contribution in [-0.4, -0.2) is 9.55 Å². The molecule has 8 aromatic carbocycles. The lowest BCUT2D eigenvalue weighted by molar-refractivity contribution is 0.960. The predicted molar refractivity (Wildman–Crippen MR) is 195 cm³/mol. The van der Waals surface area contributed by atoms with Crippen LogP contribution < -0.4 is 0 Å². The van der Waals surface area contributed by atoms with Crippen LogP contribution >= 0.6 is 0 Å². The lowest BCUT2D eigenvalue weighted by atomic mass is 9.85. The molecule has 0 radical (unpaired) electrons. The van der Waals surface area contributed by atoms with E-state index in [4.69, 9.17) is 4.98 Å². The number of fused-ring (bicyclic) bond motifs is 4. The number of imidazole rings is 1. The van der Waals surface area contributed by atoms with Crippen molar-refractivity contribution in [1.29, 1.82) is 0 Å². The molecule has 1 aromatic heterocycles. The van der Waals surface area contributed by atoms with Gasteiger partial charge in [0.05, 0.1) is 11.0 Å². The van der Waals surface area contributed by atoms with Gasteiger partial charge < -0.3 is 4.57 Å². The largest absolute Gasteiger partial charge is 0.327 e. The molecule has 0 atom stereocenters. The van der Waals surface area contributed by atoms with Crippen molar-refractivity contribution in [1.82, 2.24) is 9.55 Å². The number of benzene rings is 8. The summed E-state index contributed by atoms with van der Waals surface area (Å²) < 4.78 is 2.22. The number of rotatable bonds is 4. The Bertz CT molecular complexity index is 2530. The molecule has 0 aliphatic rings. The molecule has 0 spiro atoms. The lowest BCUT2D eigenvalue weighted by Gasteiger charge is -2.18. The lowest BCUT2D eigenvalue weighted by Crippen LogP contribution is -1.94. The van der Waals surface area contributed by atoms with Crippen LogP contribution in [0.1, 0.15) is 0 Å². The van der Waals surface area contributed by atoms with E-state index in [0.717, 1.165) is 22.4 Å². The summed E-state index contributed by atoms with van der Waals surface area (Å²) in [6.45, 7) is 0. The van der Waals surface area contributed by atoms with Crippen LogP contribution in [0.5, 0.6) is 0 Å². The van der Waals surface area contributed by atoms with Gasteiger partial charge in [0, 0.05) is 12.6 Å². The fraction of sp³-hybridized carbons (Fsp3) is 0.0227. The number of hydrogen-bond acceptors (Lipinski definition) is 1. The van der Waals surface area contributed by atoms with E-state index in [9.17, 15) is 0 Å². The summed E-state index contributed by atoms with van der Waals surface area (Å²) >= 11 is 0. The molecular weight excluding hydrogens is 556 g/mol. The molecule has 1 heterocycles. The quantitative estimate of drug-likeness (QED) is 0.188. The molecule has 0 aliphatic heterocycles. The molecule has 0 fully saturated rings. The highest BCUT2D eigenvalue weighted by molar-refractivity contribution is 6.22. The van der Waals surface area contributed by atoms with Crippen molar-refractivity contribution in [2.24, 2.45) is 7.05 Å². The molecule has 46 heavy (non-hydrogen) atoms. The minimum Gasteiger partial charge on any atom is -0.327 e. The van der Waals surface area contributed by atoms with E-state index < -0.39 is 0 Å². The van der Waals surface area contributed by atoms with Crippen LogP contribution in [0.2, 0.25) is 0 Å². The predicted octanol–water partition coefficient (Wildman–Crippen LogP) is 11.7. The number of aryl methyl sites for hydroxylation is 1. The summed E-state index contributed by atoms with van der Waals surface area (Å²) in [7, 11) is 2.12. The molecule has 2 heteroatoms. The first-order valence-electron chi connectivity index (χ1n) is 15.8. The summed E-state index contributed by atoms with van der Waals surface area (Å²) in [5, 5.41) is 7.51. The van der Waals surface area contributed by atoms with Crippen molar-refractivity contribution >= 4 is 43.4 Å². The van der Waals surface area contributed by atoms with Crippen LogP contribution in [0.4, 0.5) is 0 Å². The van der Waals surface area contributed by atoms with Gasteiger partial charge in [-0.2, -0.15) is 0 Å². The van der Waals surface area contributed by atoms with E-state index in [0.29, 0.717) is 0 Å². The zero-order valence-corrected chi connectivity index (χ0v) is 25.5. The molecule has 0 saturated heterocycles. The molecule has 0 unspecified atom stereocenters. The zero-order valence-electron chi connectivity index (χ0n) is 25.5. The van der Waals surface area contributed by atoms with Gasteiger partial charge in [-0.05, 0) is 83.9 Å². The molecule has 0 saturated carbocycles. The van der Waals surface area contributed by atoms with Crippen molar-refractivity contribution < 1.29 is 0 Å². The van der Waals surface area contributed by atoms with Crippen LogP contribution in [0.15, 0.2) is 164 Å². The second-order valence-corrected chi connectivity index (χ2v) is 12.0. The van der Waals surface area contributed by atoms with Gasteiger partial charge in [0.25, 0.3) is 0 Å². The Morgan fingerprint density at radius 3 is 1.61 bits per heavy atom. The van der Waals surface area contributed by atoms with E-state index in [1.54, 1.807) is 0 Å². The van der Waals surface area contributed by atoms with E-state index in [-0.39, 0.29) is 0 Å². The van der Waals surface area contributed by atoms with Crippen molar-refractivity contribution in [3.63, 3.8) is 0 Å². The van der Waals surface area contributed by atoms with Crippen molar-refractivity contribution in [3.05, 3.63) is 164 Å². The highest BCUT2D eigenvalue weighted by Crippen LogP contribution is 2.44. The summed E-state index contributed by atoms with van der Waals surface area (Å²) in [6, 6.07) is 59.0. The first-order valence-corrected chi connectivity index (χ1v) is 15.8. The van der Waals surface area contributed by atoms with Gasteiger partial charge in [-0.15, -0.1) is 0 Å². The molecule has 0 N–H and O–H groups in total. The molecule has 216 valence electrons. The third-order valence-corrected chi connectivity index (χ3v) is 9.39. The highest BCUT2D eigenvalue weighted by Gasteiger charge is 2.19. The van der Waals surface area contributed by atoms with Crippen LogP contribution in [0.25, 0.3) is 88.1 Å². The summed E-state index contributed by atoms with van der Waals surface area (Å²) in [5.74, 6) is 0.966. The van der Waals surface area contributed by atoms with Crippen molar-refractivity contribution in [2.75, 3.05) is 0 Å². The van der Waals surface area contributed by atoms with E-state index in [2.05, 4.69) is 175 Å². The highest BCUT2D eigenvalue weighted by atomic mass is 15.1. The minimum absolute atomic E-state index is 0.966. The van der Waals surface area contributed by atoms with Gasteiger partial charge >= 0.3 is 0 Å². The Morgan fingerprint density at radius 1 is 0.413 bits per heavy atom. The van der Waals surface area contributed by atoms with Crippen molar-refractivity contribution in [3.8, 4) is 44.8 Å². The fourth-order valence-corrected chi connectivity index (χ4v) is 7.24. The number of hydrogen-bond donors (Lipinski definition) is 0. The smallest absolute Gasteiger partial charge is 0.141 e. The normalized spacial score (nSPS) is 11.6. The average molecular weight is 587 g/mol. The standard InChI is InChI=1S/C44H30N2/c1-46-41-26-25-33(28-40(41)45-44(46)39-22-12-7-17-34(39)30-14-3-2-4-15-30)43-37-20-10-8-18-35(37)42(36-19-9-11-21-38(36)43)32-24-23-29-13-5-6-16-31(29)27-32/h2-28H,1H3. The van der Waals surface area contributed by atoms with Gasteiger partial charge in [0.15, 0.2) is 0 Å². The third-order valence-electron chi connectivity index (χ3n) is 9.39. The fourth-order valence-electron chi connectivity index (χ4n) is 7.24. The van der Waals surface area contributed by atoms with Gasteiger partial charge in [-0.1, -0.05) is 146 Å². The van der Waals surface area contributed by atoms with Crippen LogP contribution in [0, 0.1) is 0 Å². The maximum atomic E-state index is 5.27. The Balaban J connectivity index is 1.27. The number of aromatic nitrogens is 2. The Morgan fingerprint density at radius 2 is 0.935 bits per heavy atom. The molecule has 2 nitrogen and oxygen atoms in total. The third kappa shape index (κ3) is 4.15. The minimum atomic E-state index is 0.966. The zero-order chi connectivity index (χ0) is 30.6. The van der Waals surface area contributed by atoms with Gasteiger partial charge in [0.1, 0.15) is 5.82 Å². The second kappa shape index (κ2) is 10.6. The van der Waals surface area contributed by atoms with Gasteiger partial charge in [0.2, 0.25) is 0 Å². The first kappa shape index (κ1) is 26.4. The Hall–Kier alpha value is -5.99. The maximum absolute atomic E-state index is 5.27. The molecule has 0 bridgehead atoms. The molecule has 9 aromatic rings. The molecule has 0 amide bonds. The topological polar surface area (TPSA) is 17.8 Å². The molecular formula is C44H30N2. The monoisotopic (exact) mass is 586 g/mol. The van der Waals surface area contributed by atoms with Gasteiger partial charge in [-0.25, -0.2) is 4.98 Å². The summed E-state index contributed by atoms with van der Waals surface area (Å²) in [4.78, 5) is 5.27. The Kier molecular flexibility index (Phi) is 6.07. The van der Waals surface area contributed by atoms with E-state index >= 15 is 0 Å². The molecule has 0 aliphatic carbocycles. The molecule has 9 rings (SSSR count). The summed E-state index contributed by atoms with van der Waals surface area (Å²) in [6.07, 6.45) is 0. The Labute approximate surface area is 267 Å². The number of nitrogens with zero attached hydrogens (tertiary/aromatic N) is 2. The maximum Gasteiger partial charge on any atom is 0.141 e. The van der Waals surface area contributed by atoms with Crippen LogP contribution in [0.3, 0.4) is 0 Å². The van der Waals surface area contributed by atoms with Crippen molar-refractivity contribution in [2.45, 2.75) is 0 Å². The van der Waals surface area contributed by atoms with Crippen LogP contribution in [-0.2, 0) is 7.05 Å². The van der Waals surface area contributed by atoms with Gasteiger partial charge in [-0.3, -0.25) is 0 Å². The summed E-state index contributed by atoms with van der Waals surface area (Å²) in [5.41, 5.74) is 10.5. The SMILES string of the molecule is Cn1c(-c2ccccc2-c2ccccc2)nc2cc(-c3c4ccccc4c(-c4ccc5ccccc5c4)c4ccccc34)ccc21. The first-order chi connectivity index (χ1) is 22.7. The van der Waals surface area contributed by atoms with E-state index in [1.165, 1.54) is 65.7 Å². The average Bonchev–Trinajstić information content (AvgIpc) is 3.45. The van der Waals surface area contributed by atoms with E-state index in [1.807, 2.05) is 0 Å². The second-order valence-electron chi connectivity index (χ2n) is 12.0.